The van der Waals surface area contributed by atoms with Crippen molar-refractivity contribution in [3.63, 3.8) is 0 Å². The molecule has 5 aromatic heterocycles. The van der Waals surface area contributed by atoms with Crippen LogP contribution in [0.5, 0.6) is 0 Å². The first-order chi connectivity index (χ1) is 40.7. The molecule has 0 amide bonds. The number of fused-ring (bicyclic) bond motifs is 13. The quantitative estimate of drug-likeness (QED) is 0.152. The second-order valence-electron chi connectivity index (χ2n) is 21.2. The Kier molecular flexibility index (Phi) is 10.2. The van der Waals surface area contributed by atoms with Gasteiger partial charge in [0.25, 0.3) is 0 Å². The minimum absolute atomic E-state index is 0.651. The van der Waals surface area contributed by atoms with Gasteiger partial charge < -0.3 is 18.1 Å². The molecule has 17 aromatic rings. The van der Waals surface area contributed by atoms with Gasteiger partial charge in [0.15, 0.2) is 5.82 Å². The van der Waals surface area contributed by atoms with Crippen LogP contribution in [0.1, 0.15) is 0 Å². The van der Waals surface area contributed by atoms with E-state index in [9.17, 15) is 0 Å². The van der Waals surface area contributed by atoms with Gasteiger partial charge in [0, 0.05) is 76.6 Å². The molecule has 0 bridgehead atoms. The van der Waals surface area contributed by atoms with Gasteiger partial charge in [-0.05, 0) is 78.9 Å². The fourth-order valence-corrected chi connectivity index (χ4v) is 13.1. The normalized spacial score (nSPS) is 11.9. The summed E-state index contributed by atoms with van der Waals surface area (Å²) in [5, 5.41) is 9.13. The molecule has 0 N–H and O–H groups in total. The van der Waals surface area contributed by atoms with Crippen LogP contribution in [0.25, 0.3) is 161 Å². The van der Waals surface area contributed by atoms with E-state index in [-0.39, 0.29) is 0 Å². The monoisotopic (exact) mass is 1050 g/mol. The van der Waals surface area contributed by atoms with Crippen molar-refractivity contribution in [2.45, 2.75) is 0 Å². The SMILES string of the molecule is c1ccc(-c2cc(-c3cc(-c4ccccc4-n4c5ccccc5c5ccccc54)c(-n4c5ccccc5c5c6oc7ccccc7c6ccc54)c(-c4ccccc4-n4c5ccccc5c5ccccc54)c3)nc(-c3ccccc3)n2)cc1. The number of rotatable bonds is 8. The lowest BCUT2D eigenvalue weighted by atomic mass is 9.90. The van der Waals surface area contributed by atoms with Crippen LogP contribution < -0.4 is 0 Å². The summed E-state index contributed by atoms with van der Waals surface area (Å²) < 4.78 is 14.4. The van der Waals surface area contributed by atoms with Gasteiger partial charge in [-0.2, -0.15) is 0 Å². The molecule has 0 atom stereocenters. The number of aromatic nitrogens is 5. The van der Waals surface area contributed by atoms with E-state index in [4.69, 9.17) is 14.4 Å². The van der Waals surface area contributed by atoms with E-state index in [1.807, 2.05) is 6.07 Å². The van der Waals surface area contributed by atoms with Crippen LogP contribution in [0.15, 0.2) is 290 Å². The molecule has 6 heteroatoms. The van der Waals surface area contributed by atoms with Gasteiger partial charge in [0.2, 0.25) is 0 Å². The highest BCUT2D eigenvalue weighted by Crippen LogP contribution is 2.50. The van der Waals surface area contributed by atoms with Crippen molar-refractivity contribution in [3.8, 4) is 73.2 Å². The number of nitrogens with zero attached hydrogens (tertiary/aromatic N) is 5. The van der Waals surface area contributed by atoms with Crippen molar-refractivity contribution in [1.82, 2.24) is 23.7 Å². The number of furan rings is 1. The number of hydrogen-bond acceptors (Lipinski definition) is 3. The van der Waals surface area contributed by atoms with Crippen LogP contribution >= 0.6 is 0 Å². The van der Waals surface area contributed by atoms with E-state index in [0.29, 0.717) is 5.82 Å². The molecule has 0 aliphatic carbocycles. The molecular formula is C76H47N5O. The first-order valence-electron chi connectivity index (χ1n) is 27.9. The lowest BCUT2D eigenvalue weighted by Gasteiger charge is -2.24. The Morgan fingerprint density at radius 3 is 1.22 bits per heavy atom. The van der Waals surface area contributed by atoms with Crippen molar-refractivity contribution >= 4 is 87.4 Å². The summed E-state index contributed by atoms with van der Waals surface area (Å²) in [6.07, 6.45) is 0. The Morgan fingerprint density at radius 2 is 0.683 bits per heavy atom. The highest BCUT2D eigenvalue weighted by atomic mass is 16.3. The minimum Gasteiger partial charge on any atom is -0.455 e. The topological polar surface area (TPSA) is 53.7 Å². The van der Waals surface area contributed by atoms with Gasteiger partial charge in [-0.15, -0.1) is 0 Å². The molecule has 0 saturated carbocycles. The maximum atomic E-state index is 6.99. The summed E-state index contributed by atoms with van der Waals surface area (Å²) in [7, 11) is 0. The molecule has 382 valence electrons. The zero-order valence-electron chi connectivity index (χ0n) is 44.3. The summed E-state index contributed by atoms with van der Waals surface area (Å²) in [6.45, 7) is 0. The van der Waals surface area contributed by atoms with Gasteiger partial charge in [-0.25, -0.2) is 9.97 Å². The fraction of sp³-hybridized carbons (Fsp3) is 0. The number of para-hydroxylation sites is 8. The second-order valence-corrected chi connectivity index (χ2v) is 21.2. The molecule has 82 heavy (non-hydrogen) atoms. The first-order valence-corrected chi connectivity index (χ1v) is 27.9. The Morgan fingerprint density at radius 1 is 0.268 bits per heavy atom. The van der Waals surface area contributed by atoms with E-state index >= 15 is 0 Å². The van der Waals surface area contributed by atoms with Crippen LogP contribution in [-0.2, 0) is 0 Å². The summed E-state index contributed by atoms with van der Waals surface area (Å²) >= 11 is 0. The van der Waals surface area contributed by atoms with E-state index in [2.05, 4.69) is 293 Å². The first kappa shape index (κ1) is 45.9. The molecule has 0 unspecified atom stereocenters. The Balaban J connectivity index is 1.07. The molecule has 0 radical (unpaired) electrons. The maximum Gasteiger partial charge on any atom is 0.160 e. The van der Waals surface area contributed by atoms with E-state index in [1.165, 1.54) is 21.5 Å². The van der Waals surface area contributed by atoms with Crippen molar-refractivity contribution in [1.29, 1.82) is 0 Å². The van der Waals surface area contributed by atoms with Crippen LogP contribution in [0.4, 0.5) is 0 Å². The van der Waals surface area contributed by atoms with E-state index < -0.39 is 0 Å². The average Bonchev–Trinajstić information content (AvgIpc) is 3.66. The van der Waals surface area contributed by atoms with Gasteiger partial charge in [-0.1, -0.05) is 206 Å². The Labute approximate surface area is 471 Å². The predicted molar refractivity (Wildman–Crippen MR) is 340 cm³/mol. The molecule has 5 heterocycles. The number of hydrogen-bond donors (Lipinski definition) is 0. The third-order valence-corrected chi connectivity index (χ3v) is 16.7. The summed E-state index contributed by atoms with van der Waals surface area (Å²) in [5.41, 5.74) is 20.2. The molecule has 0 fully saturated rings. The Bertz CT molecular complexity index is 5070. The molecule has 0 aliphatic rings. The zero-order valence-corrected chi connectivity index (χ0v) is 44.3. The standard InChI is InChI=1S/C76H47N5O/c1-3-23-48(24-4-1)62-47-63(78-76(77-62)49-25-5-2-6-26-49)50-45-60(55-31-11-19-39-68(55)79-64-35-15-7-27-51(64)52-28-8-16-36-65(52)79)74(81-70-41-21-13-34-59(70)73-71(81)44-43-58-57-33-14-22-42-72(57)82-75(58)73)61(46-50)56-32-12-20-40-69(56)80-66-37-17-9-29-53(66)54-30-10-18-38-67(54)80/h1-47H. The lowest BCUT2D eigenvalue weighted by molar-refractivity contribution is 0.673. The van der Waals surface area contributed by atoms with Gasteiger partial charge >= 0.3 is 0 Å². The highest BCUT2D eigenvalue weighted by Gasteiger charge is 2.28. The summed E-state index contributed by atoms with van der Waals surface area (Å²) in [6, 6.07) is 103. The second kappa shape index (κ2) is 18.2. The largest absolute Gasteiger partial charge is 0.455 e. The van der Waals surface area contributed by atoms with Gasteiger partial charge in [0.05, 0.1) is 66.9 Å². The highest BCUT2D eigenvalue weighted by molar-refractivity contribution is 6.24. The zero-order chi connectivity index (χ0) is 53.8. The summed E-state index contributed by atoms with van der Waals surface area (Å²) in [5.74, 6) is 0.651. The summed E-state index contributed by atoms with van der Waals surface area (Å²) in [4.78, 5) is 10.9. The molecule has 6 nitrogen and oxygen atoms in total. The third-order valence-electron chi connectivity index (χ3n) is 16.7. The minimum atomic E-state index is 0.651. The van der Waals surface area contributed by atoms with E-state index in [1.54, 1.807) is 0 Å². The fourth-order valence-electron chi connectivity index (χ4n) is 13.1. The molecule has 17 rings (SSSR count). The van der Waals surface area contributed by atoms with E-state index in [0.717, 1.165) is 133 Å². The maximum absolute atomic E-state index is 6.99. The van der Waals surface area contributed by atoms with Crippen LogP contribution in [-0.4, -0.2) is 23.7 Å². The van der Waals surface area contributed by atoms with Crippen molar-refractivity contribution in [2.75, 3.05) is 0 Å². The Hall–Kier alpha value is -11.1. The predicted octanol–water partition coefficient (Wildman–Crippen LogP) is 20.0. The van der Waals surface area contributed by atoms with Gasteiger partial charge in [-0.3, -0.25) is 0 Å². The molecule has 0 saturated heterocycles. The third kappa shape index (κ3) is 6.95. The van der Waals surface area contributed by atoms with Crippen LogP contribution in [0.3, 0.4) is 0 Å². The molecule has 0 spiro atoms. The van der Waals surface area contributed by atoms with Crippen molar-refractivity contribution in [3.05, 3.63) is 285 Å². The number of benzene rings is 12. The molecule has 12 aromatic carbocycles. The lowest BCUT2D eigenvalue weighted by Crippen LogP contribution is -2.06. The van der Waals surface area contributed by atoms with Gasteiger partial charge in [0.1, 0.15) is 11.2 Å². The average molecular weight is 1050 g/mol. The van der Waals surface area contributed by atoms with Crippen molar-refractivity contribution < 1.29 is 4.42 Å². The van der Waals surface area contributed by atoms with Crippen LogP contribution in [0.2, 0.25) is 0 Å². The van der Waals surface area contributed by atoms with Crippen molar-refractivity contribution in [2.24, 2.45) is 0 Å². The molecule has 0 aliphatic heterocycles. The van der Waals surface area contributed by atoms with Crippen LogP contribution in [0, 0.1) is 0 Å². The smallest absolute Gasteiger partial charge is 0.160 e. The molecular weight excluding hydrogens is 999 g/mol.